The van der Waals surface area contributed by atoms with E-state index in [0.29, 0.717) is 26.7 Å². The Balaban J connectivity index is 1.52. The Hall–Kier alpha value is -3.61. The first-order valence-electron chi connectivity index (χ1n) is 9.99. The lowest BCUT2D eigenvalue weighted by atomic mass is 9.98. The van der Waals surface area contributed by atoms with Crippen LogP contribution in [0.3, 0.4) is 0 Å². The SMILES string of the molecule is O=C(Nc1ccc(F)c(SNc2ccc(Cl)cc2)c1)c1ccccc1C(=O)c1ccccc1. The number of carbonyl (C=O) groups excluding carboxylic acids is 2. The third-order valence-corrected chi connectivity index (χ3v) is 5.89. The lowest BCUT2D eigenvalue weighted by Gasteiger charge is -2.12. The average molecular weight is 477 g/mol. The van der Waals surface area contributed by atoms with E-state index in [4.69, 9.17) is 11.6 Å². The number of carbonyl (C=O) groups is 2. The lowest BCUT2D eigenvalue weighted by molar-refractivity contribution is 0.0996. The van der Waals surface area contributed by atoms with E-state index in [0.717, 1.165) is 17.6 Å². The van der Waals surface area contributed by atoms with Crippen molar-refractivity contribution in [1.82, 2.24) is 0 Å². The molecule has 0 atom stereocenters. The second-order valence-corrected chi connectivity index (χ2v) is 8.34. The van der Waals surface area contributed by atoms with E-state index in [1.165, 1.54) is 18.2 Å². The normalized spacial score (nSPS) is 10.5. The molecule has 0 aliphatic carbocycles. The molecule has 0 saturated heterocycles. The summed E-state index contributed by atoms with van der Waals surface area (Å²) in [5.41, 5.74) is 2.19. The molecule has 0 unspecified atom stereocenters. The van der Waals surface area contributed by atoms with Crippen LogP contribution >= 0.6 is 23.5 Å². The van der Waals surface area contributed by atoms with Crippen molar-refractivity contribution in [2.24, 2.45) is 0 Å². The Morgan fingerprint density at radius 3 is 2.12 bits per heavy atom. The van der Waals surface area contributed by atoms with Gasteiger partial charge in [-0.1, -0.05) is 60.1 Å². The minimum Gasteiger partial charge on any atom is -0.326 e. The van der Waals surface area contributed by atoms with Gasteiger partial charge in [-0.3, -0.25) is 9.59 Å². The van der Waals surface area contributed by atoms with E-state index >= 15 is 0 Å². The molecule has 0 aliphatic heterocycles. The quantitative estimate of drug-likeness (QED) is 0.221. The van der Waals surface area contributed by atoms with Gasteiger partial charge in [0.25, 0.3) is 5.91 Å². The van der Waals surface area contributed by atoms with Crippen LogP contribution in [0, 0.1) is 5.82 Å². The van der Waals surface area contributed by atoms with Crippen LogP contribution < -0.4 is 10.0 Å². The van der Waals surface area contributed by atoms with Gasteiger partial charge < -0.3 is 10.0 Å². The summed E-state index contributed by atoms with van der Waals surface area (Å²) < 4.78 is 17.4. The van der Waals surface area contributed by atoms with Gasteiger partial charge in [-0.05, 0) is 60.5 Å². The van der Waals surface area contributed by atoms with Crippen LogP contribution in [-0.4, -0.2) is 11.7 Å². The molecule has 4 nitrogen and oxygen atoms in total. The number of nitrogens with one attached hydrogen (secondary N) is 2. The third kappa shape index (κ3) is 5.61. The molecule has 33 heavy (non-hydrogen) atoms. The molecule has 7 heteroatoms. The molecular weight excluding hydrogens is 459 g/mol. The van der Waals surface area contributed by atoms with Crippen molar-refractivity contribution in [3.8, 4) is 0 Å². The highest BCUT2D eigenvalue weighted by Gasteiger charge is 2.18. The molecule has 4 rings (SSSR count). The standard InChI is InChI=1S/C26H18ClFN2O2S/c27-18-10-12-19(13-11-18)30-33-24-16-20(14-15-23(24)28)29-26(32)22-9-5-4-8-21(22)25(31)17-6-2-1-3-7-17/h1-16,30H,(H,29,32). The smallest absolute Gasteiger partial charge is 0.256 e. The fourth-order valence-electron chi connectivity index (χ4n) is 3.11. The van der Waals surface area contributed by atoms with E-state index in [9.17, 15) is 14.0 Å². The summed E-state index contributed by atoms with van der Waals surface area (Å²) in [4.78, 5) is 26.2. The maximum absolute atomic E-state index is 14.3. The molecule has 0 heterocycles. The highest BCUT2D eigenvalue weighted by Crippen LogP contribution is 2.28. The predicted molar refractivity (Wildman–Crippen MR) is 132 cm³/mol. The lowest BCUT2D eigenvalue weighted by Crippen LogP contribution is -2.17. The van der Waals surface area contributed by atoms with E-state index in [2.05, 4.69) is 10.0 Å². The highest BCUT2D eigenvalue weighted by molar-refractivity contribution is 8.00. The average Bonchev–Trinajstić information content (AvgIpc) is 2.85. The van der Waals surface area contributed by atoms with E-state index in [1.807, 2.05) is 6.07 Å². The molecule has 0 aromatic heterocycles. The first-order chi connectivity index (χ1) is 16.0. The largest absolute Gasteiger partial charge is 0.326 e. The van der Waals surface area contributed by atoms with Gasteiger partial charge in [0.15, 0.2) is 5.78 Å². The van der Waals surface area contributed by atoms with Crippen LogP contribution in [0.2, 0.25) is 5.02 Å². The molecule has 4 aromatic rings. The van der Waals surface area contributed by atoms with Gasteiger partial charge in [0.05, 0.1) is 10.5 Å². The minimum atomic E-state index is -0.455. The summed E-state index contributed by atoms with van der Waals surface area (Å²) in [6, 6.07) is 26.7. The van der Waals surface area contributed by atoms with Crippen molar-refractivity contribution in [3.05, 3.63) is 125 Å². The number of hydrogen-bond acceptors (Lipinski definition) is 4. The number of halogens is 2. The van der Waals surface area contributed by atoms with Gasteiger partial charge in [0, 0.05) is 27.5 Å². The monoisotopic (exact) mass is 476 g/mol. The molecule has 0 radical (unpaired) electrons. The van der Waals surface area contributed by atoms with Crippen molar-refractivity contribution in [3.63, 3.8) is 0 Å². The third-order valence-electron chi connectivity index (χ3n) is 4.76. The van der Waals surface area contributed by atoms with E-state index < -0.39 is 11.7 Å². The topological polar surface area (TPSA) is 58.2 Å². The second-order valence-electron chi connectivity index (χ2n) is 7.05. The summed E-state index contributed by atoms with van der Waals surface area (Å²) in [5.74, 6) is -1.13. The summed E-state index contributed by atoms with van der Waals surface area (Å²) in [6.45, 7) is 0. The number of amides is 1. The van der Waals surface area contributed by atoms with Crippen LogP contribution in [0.5, 0.6) is 0 Å². The van der Waals surface area contributed by atoms with Crippen LogP contribution in [-0.2, 0) is 0 Å². The molecule has 0 spiro atoms. The van der Waals surface area contributed by atoms with Crippen LogP contribution in [0.1, 0.15) is 26.3 Å². The van der Waals surface area contributed by atoms with Gasteiger partial charge in [0.2, 0.25) is 0 Å². The zero-order valence-electron chi connectivity index (χ0n) is 17.2. The second kappa shape index (κ2) is 10.3. The molecule has 4 aromatic carbocycles. The number of rotatable bonds is 7. The Labute approximate surface area is 199 Å². The first-order valence-corrected chi connectivity index (χ1v) is 11.2. The van der Waals surface area contributed by atoms with Crippen LogP contribution in [0.25, 0.3) is 0 Å². The molecule has 0 fully saturated rings. The summed E-state index contributed by atoms with van der Waals surface area (Å²) in [6.07, 6.45) is 0. The number of benzene rings is 4. The Morgan fingerprint density at radius 2 is 1.39 bits per heavy atom. The molecule has 0 bridgehead atoms. The van der Waals surface area contributed by atoms with Crippen molar-refractivity contribution in [2.75, 3.05) is 10.0 Å². The summed E-state index contributed by atoms with van der Waals surface area (Å²) in [5, 5.41) is 3.37. The maximum atomic E-state index is 14.3. The molecule has 164 valence electrons. The Kier molecular flexibility index (Phi) is 7.07. The first kappa shape index (κ1) is 22.6. The number of anilines is 2. The van der Waals surface area contributed by atoms with Gasteiger partial charge >= 0.3 is 0 Å². The Bertz CT molecular complexity index is 1300. The van der Waals surface area contributed by atoms with Crippen molar-refractivity contribution >= 4 is 46.6 Å². The Morgan fingerprint density at radius 1 is 0.758 bits per heavy atom. The fraction of sp³-hybridized carbons (Fsp3) is 0. The van der Waals surface area contributed by atoms with E-state index in [1.54, 1.807) is 72.8 Å². The van der Waals surface area contributed by atoms with Gasteiger partial charge in [0.1, 0.15) is 5.82 Å². The minimum absolute atomic E-state index is 0.240. The molecule has 0 aliphatic rings. The van der Waals surface area contributed by atoms with Crippen molar-refractivity contribution < 1.29 is 14.0 Å². The van der Waals surface area contributed by atoms with Gasteiger partial charge in [-0.2, -0.15) is 0 Å². The molecule has 0 saturated carbocycles. The zero-order valence-corrected chi connectivity index (χ0v) is 18.8. The highest BCUT2D eigenvalue weighted by atomic mass is 35.5. The predicted octanol–water partition coefficient (Wildman–Crippen LogP) is 7.08. The molecule has 2 N–H and O–H groups in total. The fourth-order valence-corrected chi connectivity index (χ4v) is 3.96. The molecular formula is C26H18ClFN2O2S. The summed E-state index contributed by atoms with van der Waals surface area (Å²) in [7, 11) is 0. The van der Waals surface area contributed by atoms with Crippen LogP contribution in [0.4, 0.5) is 15.8 Å². The van der Waals surface area contributed by atoms with Gasteiger partial charge in [-0.25, -0.2) is 4.39 Å². The summed E-state index contributed by atoms with van der Waals surface area (Å²) >= 11 is 6.96. The van der Waals surface area contributed by atoms with Crippen molar-refractivity contribution in [1.29, 1.82) is 0 Å². The van der Waals surface area contributed by atoms with Gasteiger partial charge in [-0.15, -0.1) is 0 Å². The number of hydrogen-bond donors (Lipinski definition) is 2. The van der Waals surface area contributed by atoms with Crippen LogP contribution in [0.15, 0.2) is 102 Å². The van der Waals surface area contributed by atoms with E-state index in [-0.39, 0.29) is 11.3 Å². The zero-order chi connectivity index (χ0) is 23.2. The van der Waals surface area contributed by atoms with Crippen molar-refractivity contribution in [2.45, 2.75) is 4.90 Å². The maximum Gasteiger partial charge on any atom is 0.256 e. The number of ketones is 1. The molecule has 1 amide bonds.